The van der Waals surface area contributed by atoms with Crippen LogP contribution in [0.1, 0.15) is 10.6 Å². The highest BCUT2D eigenvalue weighted by Crippen LogP contribution is 2.23. The summed E-state index contributed by atoms with van der Waals surface area (Å²) in [6.45, 7) is 2.60. The predicted molar refractivity (Wildman–Crippen MR) is 80.5 cm³/mol. The van der Waals surface area contributed by atoms with Crippen LogP contribution < -0.4 is 10.1 Å². The highest BCUT2D eigenvalue weighted by Gasteiger charge is 2.09. The molecule has 3 aromatic rings. The van der Waals surface area contributed by atoms with Crippen LogP contribution in [-0.2, 0) is 6.54 Å². The molecule has 108 valence electrons. The molecule has 0 atom stereocenters. The van der Waals surface area contributed by atoms with Crippen LogP contribution in [0, 0.1) is 6.92 Å². The molecule has 21 heavy (non-hydrogen) atoms. The maximum Gasteiger partial charge on any atom is 0.316 e. The van der Waals surface area contributed by atoms with Gasteiger partial charge >= 0.3 is 6.01 Å². The van der Waals surface area contributed by atoms with E-state index in [1.54, 1.807) is 18.4 Å². The molecule has 2 aromatic heterocycles. The summed E-state index contributed by atoms with van der Waals surface area (Å²) < 4.78 is 10.7. The van der Waals surface area contributed by atoms with E-state index < -0.39 is 0 Å². The Morgan fingerprint density at radius 3 is 2.71 bits per heavy atom. The van der Waals surface area contributed by atoms with Gasteiger partial charge in [0.2, 0.25) is 5.89 Å². The zero-order valence-electron chi connectivity index (χ0n) is 11.7. The summed E-state index contributed by atoms with van der Waals surface area (Å²) >= 11 is 1.60. The standard InChI is InChI=1S/C14H14N4O2S/c1-9-12(21-8-16-9)7-15-14-18-17-13(20-14)10-3-5-11(19-2)6-4-10/h3-6,8H,7H2,1-2H3,(H,15,18). The van der Waals surface area contributed by atoms with Gasteiger partial charge in [0.25, 0.3) is 0 Å². The molecule has 0 radical (unpaired) electrons. The number of benzene rings is 1. The van der Waals surface area contributed by atoms with Crippen LogP contribution in [0.15, 0.2) is 34.2 Å². The first-order valence-electron chi connectivity index (χ1n) is 6.37. The van der Waals surface area contributed by atoms with Crippen LogP contribution in [0.5, 0.6) is 5.75 Å². The van der Waals surface area contributed by atoms with Gasteiger partial charge in [0.1, 0.15) is 5.75 Å². The van der Waals surface area contributed by atoms with Gasteiger partial charge in [-0.15, -0.1) is 16.4 Å². The van der Waals surface area contributed by atoms with Gasteiger partial charge < -0.3 is 14.5 Å². The highest BCUT2D eigenvalue weighted by atomic mass is 32.1. The average Bonchev–Trinajstić information content (AvgIpc) is 3.14. The first-order valence-corrected chi connectivity index (χ1v) is 7.25. The summed E-state index contributed by atoms with van der Waals surface area (Å²) in [5.41, 5.74) is 3.69. The second-order valence-corrected chi connectivity index (χ2v) is 5.29. The summed E-state index contributed by atoms with van der Waals surface area (Å²) in [4.78, 5) is 5.35. The second-order valence-electron chi connectivity index (χ2n) is 4.36. The molecule has 0 aliphatic heterocycles. The molecule has 0 unspecified atom stereocenters. The minimum atomic E-state index is 0.397. The van der Waals surface area contributed by atoms with Crippen molar-refractivity contribution in [1.82, 2.24) is 15.2 Å². The lowest BCUT2D eigenvalue weighted by Crippen LogP contribution is -1.99. The number of rotatable bonds is 5. The van der Waals surface area contributed by atoms with E-state index in [1.807, 2.05) is 36.7 Å². The zero-order valence-corrected chi connectivity index (χ0v) is 12.5. The normalized spacial score (nSPS) is 10.6. The van der Waals surface area contributed by atoms with Crippen LogP contribution in [0.2, 0.25) is 0 Å². The molecule has 1 N–H and O–H groups in total. The zero-order chi connectivity index (χ0) is 14.7. The number of thiazole rings is 1. The number of aromatic nitrogens is 3. The Balaban J connectivity index is 1.69. The highest BCUT2D eigenvalue weighted by molar-refractivity contribution is 7.09. The number of methoxy groups -OCH3 is 1. The lowest BCUT2D eigenvalue weighted by atomic mass is 10.2. The number of hydrogen-bond acceptors (Lipinski definition) is 7. The minimum Gasteiger partial charge on any atom is -0.497 e. The summed E-state index contributed by atoms with van der Waals surface area (Å²) in [7, 11) is 1.63. The van der Waals surface area contributed by atoms with Crippen molar-refractivity contribution in [3.8, 4) is 17.2 Å². The number of hydrogen-bond donors (Lipinski definition) is 1. The molecule has 0 aliphatic rings. The number of nitrogens with one attached hydrogen (secondary N) is 1. The fourth-order valence-electron chi connectivity index (χ4n) is 1.80. The summed E-state index contributed by atoms with van der Waals surface area (Å²) in [5, 5.41) is 11.1. The Labute approximate surface area is 125 Å². The van der Waals surface area contributed by atoms with E-state index in [9.17, 15) is 0 Å². The molecule has 0 bridgehead atoms. The van der Waals surface area contributed by atoms with Crippen LogP contribution in [-0.4, -0.2) is 22.3 Å². The Kier molecular flexibility index (Phi) is 3.83. The van der Waals surface area contributed by atoms with Crippen LogP contribution in [0.3, 0.4) is 0 Å². The quantitative estimate of drug-likeness (QED) is 0.780. The fourth-order valence-corrected chi connectivity index (χ4v) is 2.51. The molecule has 3 rings (SSSR count). The average molecular weight is 302 g/mol. The molecule has 0 saturated carbocycles. The summed E-state index contributed by atoms with van der Waals surface area (Å²) in [5.74, 6) is 1.26. The van der Waals surface area contributed by atoms with Gasteiger partial charge in [0.15, 0.2) is 0 Å². The van der Waals surface area contributed by atoms with Crippen molar-refractivity contribution in [2.24, 2.45) is 0 Å². The van der Waals surface area contributed by atoms with Crippen molar-refractivity contribution in [3.63, 3.8) is 0 Å². The molecule has 0 spiro atoms. The molecule has 0 amide bonds. The maximum absolute atomic E-state index is 5.59. The first kappa shape index (κ1) is 13.6. The third-order valence-corrected chi connectivity index (χ3v) is 3.94. The number of anilines is 1. The monoisotopic (exact) mass is 302 g/mol. The molecule has 7 heteroatoms. The third-order valence-electron chi connectivity index (χ3n) is 3.01. The number of ether oxygens (including phenoxy) is 1. The lowest BCUT2D eigenvalue weighted by Gasteiger charge is -2.00. The van der Waals surface area contributed by atoms with E-state index >= 15 is 0 Å². The van der Waals surface area contributed by atoms with E-state index in [0.29, 0.717) is 18.5 Å². The first-order chi connectivity index (χ1) is 10.3. The number of aryl methyl sites for hydroxylation is 1. The Hall–Kier alpha value is -2.41. The Morgan fingerprint density at radius 2 is 2.05 bits per heavy atom. The van der Waals surface area contributed by atoms with Gasteiger partial charge in [-0.05, 0) is 31.2 Å². The maximum atomic E-state index is 5.59. The van der Waals surface area contributed by atoms with E-state index in [0.717, 1.165) is 21.9 Å². The van der Waals surface area contributed by atoms with Crippen LogP contribution in [0.4, 0.5) is 6.01 Å². The molecule has 1 aromatic carbocycles. The summed E-state index contributed by atoms with van der Waals surface area (Å²) in [6, 6.07) is 7.86. The van der Waals surface area contributed by atoms with Gasteiger partial charge in [-0.25, -0.2) is 4.98 Å². The van der Waals surface area contributed by atoms with Gasteiger partial charge in [0.05, 0.1) is 24.9 Å². The van der Waals surface area contributed by atoms with Gasteiger partial charge in [-0.2, -0.15) is 0 Å². The largest absolute Gasteiger partial charge is 0.497 e. The molecule has 0 aliphatic carbocycles. The van der Waals surface area contributed by atoms with Crippen molar-refractivity contribution in [3.05, 3.63) is 40.3 Å². The molecule has 0 saturated heterocycles. The Bertz CT molecular complexity index is 721. The minimum absolute atomic E-state index is 0.397. The van der Waals surface area contributed by atoms with Gasteiger partial charge in [-0.3, -0.25) is 0 Å². The Morgan fingerprint density at radius 1 is 1.24 bits per heavy atom. The lowest BCUT2D eigenvalue weighted by molar-refractivity contribution is 0.415. The van der Waals surface area contributed by atoms with E-state index in [-0.39, 0.29) is 0 Å². The molecule has 0 fully saturated rings. The topological polar surface area (TPSA) is 73.1 Å². The van der Waals surface area contributed by atoms with Gasteiger partial charge in [-0.1, -0.05) is 5.10 Å². The molecular formula is C14H14N4O2S. The van der Waals surface area contributed by atoms with E-state index in [4.69, 9.17) is 9.15 Å². The van der Waals surface area contributed by atoms with E-state index in [2.05, 4.69) is 20.5 Å². The predicted octanol–water partition coefficient (Wildman–Crippen LogP) is 3.12. The smallest absolute Gasteiger partial charge is 0.316 e. The van der Waals surface area contributed by atoms with Gasteiger partial charge in [0, 0.05) is 10.4 Å². The molecule has 6 nitrogen and oxygen atoms in total. The van der Waals surface area contributed by atoms with Crippen molar-refractivity contribution in [1.29, 1.82) is 0 Å². The third kappa shape index (κ3) is 3.03. The van der Waals surface area contributed by atoms with Crippen molar-refractivity contribution in [2.75, 3.05) is 12.4 Å². The number of nitrogens with zero attached hydrogens (tertiary/aromatic N) is 3. The molecule has 2 heterocycles. The van der Waals surface area contributed by atoms with Crippen molar-refractivity contribution < 1.29 is 9.15 Å². The van der Waals surface area contributed by atoms with Crippen molar-refractivity contribution in [2.45, 2.75) is 13.5 Å². The van der Waals surface area contributed by atoms with Crippen LogP contribution >= 0.6 is 11.3 Å². The SMILES string of the molecule is COc1ccc(-c2nnc(NCc3scnc3C)o2)cc1. The van der Waals surface area contributed by atoms with E-state index in [1.165, 1.54) is 0 Å². The molecular weight excluding hydrogens is 288 g/mol. The van der Waals surface area contributed by atoms with Crippen molar-refractivity contribution >= 4 is 17.4 Å². The second kappa shape index (κ2) is 5.92. The summed E-state index contributed by atoms with van der Waals surface area (Å²) in [6.07, 6.45) is 0. The van der Waals surface area contributed by atoms with Crippen LogP contribution in [0.25, 0.3) is 11.5 Å². The fraction of sp³-hybridized carbons (Fsp3) is 0.214.